The highest BCUT2D eigenvalue weighted by Crippen LogP contribution is 2.33. The molecule has 0 unspecified atom stereocenters. The summed E-state index contributed by atoms with van der Waals surface area (Å²) in [5.41, 5.74) is 7.44. The van der Waals surface area contributed by atoms with Crippen LogP contribution in [0.15, 0.2) is 76.2 Å². The molecule has 0 aliphatic carbocycles. The van der Waals surface area contributed by atoms with Gasteiger partial charge in [-0.15, -0.1) is 0 Å². The molecule has 0 spiro atoms. The maximum Gasteiger partial charge on any atom is 0.264 e. The molecule has 1 aromatic carbocycles. The summed E-state index contributed by atoms with van der Waals surface area (Å²) in [6.07, 6.45) is 2.95. The summed E-state index contributed by atoms with van der Waals surface area (Å²) in [4.78, 5) is 57.3. The minimum absolute atomic E-state index is 0.0871. The zero-order valence-electron chi connectivity index (χ0n) is 20.5. The maximum absolute atomic E-state index is 13.6. The van der Waals surface area contributed by atoms with E-state index in [9.17, 15) is 19.2 Å². The summed E-state index contributed by atoms with van der Waals surface area (Å²) >= 11 is 0. The number of allylic oxidation sites excluding steroid dienone is 2. The Hall–Kier alpha value is -4.99. The second-order valence-corrected chi connectivity index (χ2v) is 8.39. The summed E-state index contributed by atoms with van der Waals surface area (Å²) < 4.78 is 6.99. The summed E-state index contributed by atoms with van der Waals surface area (Å²) in [5.74, 6) is -0.568. The van der Waals surface area contributed by atoms with Crippen LogP contribution in [-0.4, -0.2) is 33.3 Å². The van der Waals surface area contributed by atoms with Gasteiger partial charge in [0, 0.05) is 46.7 Å². The van der Waals surface area contributed by atoms with E-state index in [0.717, 1.165) is 0 Å². The summed E-state index contributed by atoms with van der Waals surface area (Å²) in [5, 5.41) is 3.14. The second kappa shape index (κ2) is 10.3. The lowest BCUT2D eigenvalue weighted by Crippen LogP contribution is -2.30. The van der Waals surface area contributed by atoms with E-state index in [0.29, 0.717) is 39.3 Å². The van der Waals surface area contributed by atoms with Crippen LogP contribution in [-0.2, 0) is 11.3 Å². The van der Waals surface area contributed by atoms with Crippen molar-refractivity contribution in [1.29, 1.82) is 0 Å². The minimum Gasteiger partial charge on any atom is -0.496 e. The van der Waals surface area contributed by atoms with Crippen LogP contribution in [0.5, 0.6) is 5.75 Å². The second-order valence-electron chi connectivity index (χ2n) is 8.39. The molecule has 4 N–H and O–H groups in total. The number of carbonyl (C=O) groups is 2. The molecule has 0 aliphatic heterocycles. The van der Waals surface area contributed by atoms with E-state index in [-0.39, 0.29) is 29.0 Å². The molecule has 0 saturated heterocycles. The molecule has 10 heteroatoms. The van der Waals surface area contributed by atoms with Gasteiger partial charge in [-0.2, -0.15) is 0 Å². The van der Waals surface area contributed by atoms with Gasteiger partial charge < -0.3 is 25.3 Å². The molecule has 10 nitrogen and oxygen atoms in total. The molecular weight excluding hydrogens is 474 g/mol. The lowest BCUT2D eigenvalue weighted by Gasteiger charge is -2.17. The van der Waals surface area contributed by atoms with Gasteiger partial charge in [-0.25, -0.2) is 0 Å². The molecule has 3 heterocycles. The van der Waals surface area contributed by atoms with Crippen LogP contribution in [0, 0.1) is 0 Å². The van der Waals surface area contributed by atoms with Crippen molar-refractivity contribution in [2.45, 2.75) is 20.4 Å². The quantitative estimate of drug-likeness (QED) is 0.331. The van der Waals surface area contributed by atoms with E-state index in [4.69, 9.17) is 10.5 Å². The molecular formula is C27H25N5O5. The van der Waals surface area contributed by atoms with E-state index >= 15 is 0 Å². The average Bonchev–Trinajstić information content (AvgIpc) is 2.87. The van der Waals surface area contributed by atoms with Gasteiger partial charge in [0.15, 0.2) is 5.78 Å². The number of ether oxygens (including phenoxy) is 1. The predicted octanol–water partition coefficient (Wildman–Crippen LogP) is 2.67. The lowest BCUT2D eigenvalue weighted by atomic mass is 9.97. The number of aromatic amines is 1. The normalized spacial score (nSPS) is 11.6. The van der Waals surface area contributed by atoms with Crippen molar-refractivity contribution in [3.05, 3.63) is 104 Å². The molecule has 0 aliphatic rings. The van der Waals surface area contributed by atoms with Crippen molar-refractivity contribution in [2.75, 3.05) is 12.4 Å². The Kier molecular flexibility index (Phi) is 7.01. The lowest BCUT2D eigenvalue weighted by molar-refractivity contribution is -0.111. The van der Waals surface area contributed by atoms with Crippen molar-refractivity contribution in [2.24, 2.45) is 5.73 Å². The van der Waals surface area contributed by atoms with Gasteiger partial charge >= 0.3 is 0 Å². The number of aromatic nitrogens is 3. The molecule has 0 saturated carbocycles. The fourth-order valence-corrected chi connectivity index (χ4v) is 4.11. The van der Waals surface area contributed by atoms with Crippen LogP contribution in [0.2, 0.25) is 0 Å². The molecule has 4 rings (SSSR count). The number of ketones is 1. The van der Waals surface area contributed by atoms with Gasteiger partial charge in [0.1, 0.15) is 11.3 Å². The number of carbonyl (C=O) groups excluding carboxylic acids is 2. The monoisotopic (exact) mass is 499 g/mol. The van der Waals surface area contributed by atoms with Crippen molar-refractivity contribution < 1.29 is 14.3 Å². The van der Waals surface area contributed by atoms with Gasteiger partial charge in [0.2, 0.25) is 5.56 Å². The summed E-state index contributed by atoms with van der Waals surface area (Å²) in [7, 11) is 1.46. The Labute approximate surface area is 211 Å². The molecule has 0 bridgehead atoms. The number of anilines is 1. The van der Waals surface area contributed by atoms with Crippen molar-refractivity contribution in [3.8, 4) is 5.75 Å². The minimum atomic E-state index is -0.663. The Morgan fingerprint density at radius 2 is 1.84 bits per heavy atom. The Morgan fingerprint density at radius 3 is 2.43 bits per heavy atom. The van der Waals surface area contributed by atoms with Crippen LogP contribution in [0.25, 0.3) is 16.5 Å². The number of Topliss-reactive ketones (excluding diaryl/α,β-unsaturated/α-hetero) is 1. The molecule has 0 fully saturated rings. The van der Waals surface area contributed by atoms with E-state index in [1.807, 2.05) is 0 Å². The van der Waals surface area contributed by atoms with Crippen molar-refractivity contribution in [1.82, 2.24) is 14.5 Å². The van der Waals surface area contributed by atoms with Crippen LogP contribution in [0.3, 0.4) is 0 Å². The predicted molar refractivity (Wildman–Crippen MR) is 141 cm³/mol. The maximum atomic E-state index is 13.6. The third-order valence-electron chi connectivity index (χ3n) is 5.76. The van der Waals surface area contributed by atoms with E-state index in [2.05, 4.69) is 15.3 Å². The molecule has 0 atom stereocenters. The zero-order valence-corrected chi connectivity index (χ0v) is 20.5. The van der Waals surface area contributed by atoms with Crippen molar-refractivity contribution in [3.63, 3.8) is 0 Å². The fourth-order valence-electron chi connectivity index (χ4n) is 4.11. The number of methoxy groups -OCH3 is 1. The average molecular weight is 500 g/mol. The number of nitrogens with two attached hydrogens (primary N) is 1. The first-order valence-electron chi connectivity index (χ1n) is 11.3. The van der Waals surface area contributed by atoms with Gasteiger partial charge in [-0.1, -0.05) is 6.07 Å². The Balaban J connectivity index is 1.97. The number of pyridine rings is 3. The Morgan fingerprint density at radius 1 is 1.08 bits per heavy atom. The molecule has 1 amide bonds. The van der Waals surface area contributed by atoms with Gasteiger partial charge in [-0.05, 0) is 44.2 Å². The highest BCUT2D eigenvalue weighted by molar-refractivity contribution is 6.21. The fraction of sp³-hybridized carbons (Fsp3) is 0.148. The third kappa shape index (κ3) is 5.18. The molecule has 0 radical (unpaired) electrons. The number of hydrogen-bond acceptors (Lipinski definition) is 7. The first-order valence-corrected chi connectivity index (χ1v) is 11.3. The molecule has 3 aromatic heterocycles. The largest absolute Gasteiger partial charge is 0.496 e. The summed E-state index contributed by atoms with van der Waals surface area (Å²) in [6.45, 7) is 3.11. The number of rotatable bonds is 7. The first-order chi connectivity index (χ1) is 17.7. The standard InChI is InChI=1S/C27H25N5O5/c1-15(28)25(16(2)33)20-10-17-11-21(26(35)31-18-7-8-24(34)30-13-18)27(36)32(22(17)12-23(20)37-3)14-19-6-4-5-9-29-19/h4-13H,14,28H2,1-3H3,(H,30,34)(H,31,35). The number of fused-ring (bicyclic) bond motifs is 1. The van der Waals surface area contributed by atoms with Crippen LogP contribution < -0.4 is 26.9 Å². The van der Waals surface area contributed by atoms with E-state index in [1.54, 1.807) is 43.5 Å². The van der Waals surface area contributed by atoms with Crippen LogP contribution in [0.1, 0.15) is 35.5 Å². The van der Waals surface area contributed by atoms with Crippen LogP contribution >= 0.6 is 0 Å². The Bertz CT molecular complexity index is 1640. The first kappa shape index (κ1) is 25.1. The summed E-state index contributed by atoms with van der Waals surface area (Å²) in [6, 6.07) is 12.8. The van der Waals surface area contributed by atoms with E-state index < -0.39 is 11.5 Å². The molecule has 188 valence electrons. The van der Waals surface area contributed by atoms with Crippen molar-refractivity contribution >= 4 is 33.9 Å². The zero-order chi connectivity index (χ0) is 26.7. The smallest absolute Gasteiger partial charge is 0.264 e. The highest BCUT2D eigenvalue weighted by atomic mass is 16.5. The number of benzene rings is 1. The molecule has 4 aromatic rings. The SMILES string of the molecule is COc1cc2c(cc1C(C(C)=O)=C(C)N)cc(C(=O)Nc1ccc(=O)[nH]c1)c(=O)n2Cc1ccccn1. The number of nitrogens with one attached hydrogen (secondary N) is 2. The van der Waals surface area contributed by atoms with Gasteiger partial charge in [0.05, 0.1) is 30.6 Å². The number of H-pyrrole nitrogens is 1. The number of amides is 1. The van der Waals surface area contributed by atoms with E-state index in [1.165, 1.54) is 43.0 Å². The third-order valence-corrected chi connectivity index (χ3v) is 5.76. The topological polar surface area (TPSA) is 149 Å². The molecule has 37 heavy (non-hydrogen) atoms. The highest BCUT2D eigenvalue weighted by Gasteiger charge is 2.21. The van der Waals surface area contributed by atoms with Gasteiger partial charge in [-0.3, -0.25) is 24.2 Å². The number of nitrogens with zero attached hydrogens (tertiary/aromatic N) is 2. The number of hydrogen-bond donors (Lipinski definition) is 3. The van der Waals surface area contributed by atoms with Crippen LogP contribution in [0.4, 0.5) is 5.69 Å². The van der Waals surface area contributed by atoms with Gasteiger partial charge in [0.25, 0.3) is 11.5 Å².